The quantitative estimate of drug-likeness (QED) is 0.600. The van der Waals surface area contributed by atoms with Crippen LogP contribution < -0.4 is 10.0 Å². The first kappa shape index (κ1) is 12.4. The second kappa shape index (κ2) is 5.91. The Morgan fingerprint density at radius 3 is 2.54 bits per heavy atom. The molecule has 0 saturated carbocycles. The van der Waals surface area contributed by atoms with Gasteiger partial charge in [0.15, 0.2) is 5.75 Å². The zero-order chi connectivity index (χ0) is 10.3. The number of sulfonamides is 1. The Bertz CT molecular complexity index is 268. The molecule has 0 aliphatic rings. The van der Waals surface area contributed by atoms with Gasteiger partial charge in [0.25, 0.3) is 0 Å². The molecular formula is C7H15N3O2S. The molecule has 0 heterocycles. The molecule has 76 valence electrons. The van der Waals surface area contributed by atoms with Crippen LogP contribution >= 0.6 is 0 Å². The van der Waals surface area contributed by atoms with Crippen molar-refractivity contribution in [2.75, 3.05) is 25.9 Å². The average molecular weight is 205 g/mol. The van der Waals surface area contributed by atoms with E-state index in [1.807, 2.05) is 6.92 Å². The zero-order valence-electron chi connectivity index (χ0n) is 7.87. The van der Waals surface area contributed by atoms with E-state index in [0.717, 1.165) is 6.54 Å². The number of nitrogens with one attached hydrogen (secondary N) is 2. The maximum absolute atomic E-state index is 11.0. The summed E-state index contributed by atoms with van der Waals surface area (Å²) in [4.78, 5) is 0. The lowest BCUT2D eigenvalue weighted by Crippen LogP contribution is -2.33. The van der Waals surface area contributed by atoms with Crippen molar-refractivity contribution >= 4 is 10.0 Å². The van der Waals surface area contributed by atoms with Crippen LogP contribution in [-0.2, 0) is 10.0 Å². The minimum Gasteiger partial charge on any atom is -0.319 e. The van der Waals surface area contributed by atoms with Crippen molar-refractivity contribution in [2.45, 2.75) is 6.92 Å². The number of hydrogen-bond acceptors (Lipinski definition) is 4. The van der Waals surface area contributed by atoms with Crippen molar-refractivity contribution in [3.05, 3.63) is 0 Å². The van der Waals surface area contributed by atoms with E-state index in [-0.39, 0.29) is 5.92 Å². The van der Waals surface area contributed by atoms with Crippen LogP contribution in [-0.4, -0.2) is 34.3 Å². The van der Waals surface area contributed by atoms with E-state index in [1.165, 1.54) is 0 Å². The molecule has 0 spiro atoms. The van der Waals surface area contributed by atoms with Gasteiger partial charge < -0.3 is 5.32 Å². The lowest BCUT2D eigenvalue weighted by Gasteiger charge is -2.10. The fraction of sp³-hybridized carbons (Fsp3) is 0.857. The van der Waals surface area contributed by atoms with Gasteiger partial charge in [-0.15, -0.1) is 0 Å². The maximum Gasteiger partial charge on any atom is 0.225 e. The predicted molar refractivity (Wildman–Crippen MR) is 50.5 cm³/mol. The minimum atomic E-state index is -3.38. The molecule has 0 bridgehead atoms. The Morgan fingerprint density at radius 1 is 1.46 bits per heavy atom. The predicted octanol–water partition coefficient (Wildman–Crippen LogP) is -0.715. The molecule has 5 nitrogen and oxygen atoms in total. The SMILES string of the molecule is CNCC(C)CNS(=O)(=O)CC#N. The minimum absolute atomic E-state index is 0.221. The number of nitriles is 1. The molecule has 1 atom stereocenters. The summed E-state index contributed by atoms with van der Waals surface area (Å²) in [5.41, 5.74) is 0. The third kappa shape index (κ3) is 6.51. The van der Waals surface area contributed by atoms with E-state index in [0.29, 0.717) is 6.54 Å². The topological polar surface area (TPSA) is 82.0 Å². The van der Waals surface area contributed by atoms with Gasteiger partial charge >= 0.3 is 0 Å². The van der Waals surface area contributed by atoms with E-state index in [4.69, 9.17) is 5.26 Å². The summed E-state index contributed by atoms with van der Waals surface area (Å²) in [6, 6.07) is 1.60. The third-order valence-electron chi connectivity index (χ3n) is 1.46. The number of hydrogen-bond donors (Lipinski definition) is 2. The highest BCUT2D eigenvalue weighted by molar-refractivity contribution is 7.89. The molecule has 2 N–H and O–H groups in total. The summed E-state index contributed by atoms with van der Waals surface area (Å²) < 4.78 is 24.3. The first-order valence-corrected chi connectivity index (χ1v) is 5.66. The van der Waals surface area contributed by atoms with Crippen molar-refractivity contribution in [3.8, 4) is 6.07 Å². The monoisotopic (exact) mass is 205 g/mol. The highest BCUT2D eigenvalue weighted by Crippen LogP contribution is 1.91. The smallest absolute Gasteiger partial charge is 0.225 e. The van der Waals surface area contributed by atoms with Gasteiger partial charge in [0.1, 0.15) is 0 Å². The highest BCUT2D eigenvalue weighted by atomic mass is 32.2. The van der Waals surface area contributed by atoms with E-state index in [1.54, 1.807) is 13.1 Å². The zero-order valence-corrected chi connectivity index (χ0v) is 8.69. The average Bonchev–Trinajstić information content (AvgIpc) is 2.02. The summed E-state index contributed by atoms with van der Waals surface area (Å²) in [7, 11) is -1.58. The molecule has 0 saturated heterocycles. The molecule has 0 aliphatic heterocycles. The summed E-state index contributed by atoms with van der Waals surface area (Å²) in [5.74, 6) is -0.252. The highest BCUT2D eigenvalue weighted by Gasteiger charge is 2.10. The molecule has 0 amide bonds. The largest absolute Gasteiger partial charge is 0.319 e. The molecule has 6 heteroatoms. The van der Waals surface area contributed by atoms with Gasteiger partial charge in [-0.1, -0.05) is 6.92 Å². The Kier molecular flexibility index (Phi) is 5.62. The number of rotatable bonds is 6. The van der Waals surface area contributed by atoms with Gasteiger partial charge in [-0.3, -0.25) is 0 Å². The summed E-state index contributed by atoms with van der Waals surface area (Å²) in [6.07, 6.45) is 0. The van der Waals surface area contributed by atoms with Crippen molar-refractivity contribution < 1.29 is 8.42 Å². The van der Waals surface area contributed by atoms with Crippen LogP contribution in [0.1, 0.15) is 6.92 Å². The van der Waals surface area contributed by atoms with Crippen LogP contribution in [0.2, 0.25) is 0 Å². The molecule has 1 unspecified atom stereocenters. The van der Waals surface area contributed by atoms with Crippen LogP contribution in [0.3, 0.4) is 0 Å². The normalized spacial score (nSPS) is 13.6. The first-order valence-electron chi connectivity index (χ1n) is 4.00. The van der Waals surface area contributed by atoms with Gasteiger partial charge in [-0.2, -0.15) is 5.26 Å². The number of nitrogens with zero attached hydrogens (tertiary/aromatic N) is 1. The van der Waals surface area contributed by atoms with Crippen LogP contribution in [0, 0.1) is 17.2 Å². The molecule has 0 aliphatic carbocycles. The summed E-state index contributed by atoms with van der Waals surface area (Å²) >= 11 is 0. The van der Waals surface area contributed by atoms with Crippen LogP contribution in [0.15, 0.2) is 0 Å². The summed E-state index contributed by atoms with van der Waals surface area (Å²) in [5, 5.41) is 11.1. The Labute approximate surface area is 79.2 Å². The molecule has 0 aromatic heterocycles. The van der Waals surface area contributed by atoms with E-state index in [2.05, 4.69) is 10.0 Å². The fourth-order valence-corrected chi connectivity index (χ4v) is 1.64. The molecule has 0 aromatic carbocycles. The van der Waals surface area contributed by atoms with E-state index in [9.17, 15) is 8.42 Å². The molecular weight excluding hydrogens is 190 g/mol. The summed E-state index contributed by atoms with van der Waals surface area (Å²) in [6.45, 7) is 3.03. The van der Waals surface area contributed by atoms with Crippen molar-refractivity contribution in [2.24, 2.45) is 5.92 Å². The van der Waals surface area contributed by atoms with Gasteiger partial charge in [0, 0.05) is 6.54 Å². The van der Waals surface area contributed by atoms with Gasteiger partial charge in [0.05, 0.1) is 6.07 Å². The second-order valence-electron chi connectivity index (χ2n) is 2.93. The lowest BCUT2D eigenvalue weighted by molar-refractivity contribution is 0.520. The third-order valence-corrected chi connectivity index (χ3v) is 2.57. The first-order chi connectivity index (χ1) is 6.02. The Morgan fingerprint density at radius 2 is 2.08 bits per heavy atom. The molecule has 0 radical (unpaired) electrons. The van der Waals surface area contributed by atoms with Crippen molar-refractivity contribution in [1.29, 1.82) is 5.26 Å². The van der Waals surface area contributed by atoms with Crippen LogP contribution in [0.25, 0.3) is 0 Å². The van der Waals surface area contributed by atoms with Crippen LogP contribution in [0.4, 0.5) is 0 Å². The van der Waals surface area contributed by atoms with Crippen LogP contribution in [0.5, 0.6) is 0 Å². The van der Waals surface area contributed by atoms with E-state index >= 15 is 0 Å². The van der Waals surface area contributed by atoms with Gasteiger partial charge in [-0.25, -0.2) is 13.1 Å². The Balaban J connectivity index is 3.82. The molecule has 0 rings (SSSR count). The maximum atomic E-state index is 11.0. The molecule has 0 fully saturated rings. The van der Waals surface area contributed by atoms with E-state index < -0.39 is 15.8 Å². The Hall–Kier alpha value is -0.640. The van der Waals surface area contributed by atoms with Crippen molar-refractivity contribution in [1.82, 2.24) is 10.0 Å². The molecule has 13 heavy (non-hydrogen) atoms. The van der Waals surface area contributed by atoms with Crippen molar-refractivity contribution in [3.63, 3.8) is 0 Å². The van der Waals surface area contributed by atoms with Gasteiger partial charge in [0.2, 0.25) is 10.0 Å². The fourth-order valence-electron chi connectivity index (χ4n) is 0.826. The lowest BCUT2D eigenvalue weighted by atomic mass is 10.2. The standard InChI is InChI=1S/C7H15N3O2S/c1-7(5-9-2)6-10-13(11,12)4-3-8/h7,9-10H,4-6H2,1-2H3. The second-order valence-corrected chi connectivity index (χ2v) is 4.74. The van der Waals surface area contributed by atoms with Gasteiger partial charge in [-0.05, 0) is 19.5 Å². The molecule has 0 aromatic rings.